The minimum absolute atomic E-state index is 0.00488. The average Bonchev–Trinajstić information content (AvgIpc) is 2.38. The van der Waals surface area contributed by atoms with E-state index in [4.69, 9.17) is 4.74 Å². The highest BCUT2D eigenvalue weighted by Crippen LogP contribution is 2.30. The van der Waals surface area contributed by atoms with Crippen LogP contribution in [0.4, 0.5) is 0 Å². The Morgan fingerprint density at radius 1 is 1.39 bits per heavy atom. The Balaban J connectivity index is 2.17. The first-order valence-electron chi connectivity index (χ1n) is 6.51. The summed E-state index contributed by atoms with van der Waals surface area (Å²) in [6.07, 6.45) is 0.542. The van der Waals surface area contributed by atoms with Crippen molar-refractivity contribution >= 4 is 5.91 Å². The van der Waals surface area contributed by atoms with Gasteiger partial charge in [-0.05, 0) is 19.4 Å². The minimum Gasteiger partial charge on any atom is -0.369 e. The lowest BCUT2D eigenvalue weighted by Crippen LogP contribution is -2.56. The Hall–Kier alpha value is -1.35. The smallest absolute Gasteiger partial charge is 0.222 e. The molecule has 0 N–H and O–H groups in total. The SMILES string of the molecule is CCC(=O)N1CC(c2ccccc2)OCC1(C)C. The molecule has 18 heavy (non-hydrogen) atoms. The van der Waals surface area contributed by atoms with E-state index in [1.807, 2.05) is 30.0 Å². The highest BCUT2D eigenvalue weighted by atomic mass is 16.5. The third-order valence-corrected chi connectivity index (χ3v) is 3.49. The van der Waals surface area contributed by atoms with Crippen LogP contribution in [0.5, 0.6) is 0 Å². The number of ether oxygens (including phenoxy) is 1. The fourth-order valence-electron chi connectivity index (χ4n) is 2.35. The summed E-state index contributed by atoms with van der Waals surface area (Å²) in [5, 5.41) is 0. The van der Waals surface area contributed by atoms with E-state index in [1.54, 1.807) is 0 Å². The van der Waals surface area contributed by atoms with Crippen molar-refractivity contribution in [2.45, 2.75) is 38.8 Å². The Bertz CT molecular complexity index is 414. The zero-order valence-corrected chi connectivity index (χ0v) is 11.3. The number of hydrogen-bond acceptors (Lipinski definition) is 2. The van der Waals surface area contributed by atoms with Crippen LogP contribution in [0.1, 0.15) is 38.9 Å². The van der Waals surface area contributed by atoms with Gasteiger partial charge >= 0.3 is 0 Å². The second-order valence-corrected chi connectivity index (χ2v) is 5.38. The second kappa shape index (κ2) is 5.11. The van der Waals surface area contributed by atoms with E-state index >= 15 is 0 Å². The summed E-state index contributed by atoms with van der Waals surface area (Å²) in [5.74, 6) is 0.198. The Morgan fingerprint density at radius 2 is 2.06 bits per heavy atom. The summed E-state index contributed by atoms with van der Waals surface area (Å²) in [4.78, 5) is 14.0. The Kier molecular flexibility index (Phi) is 3.71. The van der Waals surface area contributed by atoms with Crippen molar-refractivity contribution in [2.75, 3.05) is 13.2 Å². The van der Waals surface area contributed by atoms with Crippen molar-refractivity contribution in [1.29, 1.82) is 0 Å². The van der Waals surface area contributed by atoms with E-state index in [1.165, 1.54) is 0 Å². The molecule has 1 aromatic carbocycles. The molecule has 3 heteroatoms. The molecule has 2 rings (SSSR count). The van der Waals surface area contributed by atoms with Crippen LogP contribution >= 0.6 is 0 Å². The van der Waals surface area contributed by atoms with Crippen LogP contribution in [-0.2, 0) is 9.53 Å². The molecule has 1 aliphatic rings. The molecule has 1 unspecified atom stereocenters. The van der Waals surface area contributed by atoms with Crippen LogP contribution in [0.2, 0.25) is 0 Å². The molecule has 0 saturated carbocycles. The van der Waals surface area contributed by atoms with Gasteiger partial charge in [0, 0.05) is 6.42 Å². The molecule has 1 aromatic rings. The largest absolute Gasteiger partial charge is 0.369 e. The van der Waals surface area contributed by atoms with Crippen LogP contribution in [0, 0.1) is 0 Å². The zero-order chi connectivity index (χ0) is 13.2. The topological polar surface area (TPSA) is 29.5 Å². The summed E-state index contributed by atoms with van der Waals surface area (Å²) in [7, 11) is 0. The summed E-state index contributed by atoms with van der Waals surface area (Å²) in [5.41, 5.74) is 0.931. The molecular formula is C15H21NO2. The quantitative estimate of drug-likeness (QED) is 0.804. The van der Waals surface area contributed by atoms with Crippen LogP contribution in [0.3, 0.4) is 0 Å². The summed E-state index contributed by atoms with van der Waals surface area (Å²) in [6.45, 7) is 7.25. The van der Waals surface area contributed by atoms with Gasteiger partial charge in [-0.15, -0.1) is 0 Å². The molecule has 0 aromatic heterocycles. The molecule has 1 heterocycles. The molecule has 0 radical (unpaired) electrons. The van der Waals surface area contributed by atoms with E-state index in [-0.39, 0.29) is 17.6 Å². The van der Waals surface area contributed by atoms with Gasteiger partial charge < -0.3 is 9.64 Å². The van der Waals surface area contributed by atoms with E-state index < -0.39 is 0 Å². The predicted molar refractivity (Wildman–Crippen MR) is 71.2 cm³/mol. The normalized spacial score (nSPS) is 22.8. The summed E-state index contributed by atoms with van der Waals surface area (Å²) >= 11 is 0. The Morgan fingerprint density at radius 3 is 2.67 bits per heavy atom. The standard InChI is InChI=1S/C15H21NO2/c1-4-14(17)16-10-13(18-11-15(16,2)3)12-8-6-5-7-9-12/h5-9,13H,4,10-11H2,1-3H3. The molecule has 1 amide bonds. The van der Waals surface area contributed by atoms with E-state index in [0.717, 1.165) is 5.56 Å². The fourth-order valence-corrected chi connectivity index (χ4v) is 2.35. The molecule has 1 saturated heterocycles. The molecule has 3 nitrogen and oxygen atoms in total. The summed E-state index contributed by atoms with van der Waals surface area (Å²) < 4.78 is 5.91. The maximum Gasteiger partial charge on any atom is 0.222 e. The number of morpholine rings is 1. The number of carbonyl (C=O) groups is 1. The average molecular weight is 247 g/mol. The van der Waals surface area contributed by atoms with Gasteiger partial charge in [0.1, 0.15) is 6.10 Å². The second-order valence-electron chi connectivity index (χ2n) is 5.38. The van der Waals surface area contributed by atoms with Crippen LogP contribution in [-0.4, -0.2) is 29.5 Å². The van der Waals surface area contributed by atoms with Crippen LogP contribution < -0.4 is 0 Å². The number of carbonyl (C=O) groups excluding carboxylic acids is 1. The molecule has 0 bridgehead atoms. The van der Waals surface area contributed by atoms with Crippen molar-refractivity contribution in [3.8, 4) is 0 Å². The van der Waals surface area contributed by atoms with Crippen molar-refractivity contribution in [2.24, 2.45) is 0 Å². The first kappa shape index (κ1) is 13.1. The van der Waals surface area contributed by atoms with Gasteiger partial charge in [0.15, 0.2) is 0 Å². The van der Waals surface area contributed by atoms with Crippen molar-refractivity contribution in [1.82, 2.24) is 4.90 Å². The van der Waals surface area contributed by atoms with Gasteiger partial charge in [-0.1, -0.05) is 37.3 Å². The first-order valence-corrected chi connectivity index (χ1v) is 6.51. The highest BCUT2D eigenvalue weighted by molar-refractivity contribution is 5.76. The molecule has 1 aliphatic heterocycles. The van der Waals surface area contributed by atoms with E-state index in [2.05, 4.69) is 26.0 Å². The maximum absolute atomic E-state index is 12.0. The van der Waals surface area contributed by atoms with Crippen molar-refractivity contribution in [3.63, 3.8) is 0 Å². The van der Waals surface area contributed by atoms with E-state index in [9.17, 15) is 4.79 Å². The number of nitrogens with zero attached hydrogens (tertiary/aromatic N) is 1. The molecule has 0 spiro atoms. The maximum atomic E-state index is 12.0. The van der Waals surface area contributed by atoms with Crippen molar-refractivity contribution < 1.29 is 9.53 Å². The van der Waals surface area contributed by atoms with Gasteiger partial charge in [0.25, 0.3) is 0 Å². The van der Waals surface area contributed by atoms with Gasteiger partial charge in [0.05, 0.1) is 18.7 Å². The van der Waals surface area contributed by atoms with Crippen LogP contribution in [0.15, 0.2) is 30.3 Å². The predicted octanol–water partition coefficient (Wildman–Crippen LogP) is 2.78. The lowest BCUT2D eigenvalue weighted by atomic mass is 9.97. The van der Waals surface area contributed by atoms with Gasteiger partial charge in [0.2, 0.25) is 5.91 Å². The molecule has 1 atom stereocenters. The third kappa shape index (κ3) is 2.56. The van der Waals surface area contributed by atoms with Crippen molar-refractivity contribution in [3.05, 3.63) is 35.9 Å². The fraction of sp³-hybridized carbons (Fsp3) is 0.533. The number of benzene rings is 1. The monoisotopic (exact) mass is 247 g/mol. The van der Waals surface area contributed by atoms with Gasteiger partial charge in [-0.3, -0.25) is 4.79 Å². The lowest BCUT2D eigenvalue weighted by Gasteiger charge is -2.45. The number of rotatable bonds is 2. The van der Waals surface area contributed by atoms with Gasteiger partial charge in [-0.2, -0.15) is 0 Å². The summed E-state index contributed by atoms with van der Waals surface area (Å²) in [6, 6.07) is 10.1. The highest BCUT2D eigenvalue weighted by Gasteiger charge is 2.37. The molecule has 98 valence electrons. The zero-order valence-electron chi connectivity index (χ0n) is 11.3. The van der Waals surface area contributed by atoms with Gasteiger partial charge in [-0.25, -0.2) is 0 Å². The number of hydrogen-bond donors (Lipinski definition) is 0. The van der Waals surface area contributed by atoms with Crippen LogP contribution in [0.25, 0.3) is 0 Å². The molecule has 0 aliphatic carbocycles. The lowest BCUT2D eigenvalue weighted by molar-refractivity contribution is -0.154. The third-order valence-electron chi connectivity index (χ3n) is 3.49. The first-order chi connectivity index (χ1) is 8.54. The molecular weight excluding hydrogens is 226 g/mol. The Labute approximate surface area is 109 Å². The molecule has 1 fully saturated rings. The minimum atomic E-state index is -0.210. The number of amides is 1. The van der Waals surface area contributed by atoms with E-state index in [0.29, 0.717) is 19.6 Å².